The van der Waals surface area contributed by atoms with Crippen LogP contribution in [-0.2, 0) is 11.3 Å². The van der Waals surface area contributed by atoms with Gasteiger partial charge in [0.15, 0.2) is 0 Å². The van der Waals surface area contributed by atoms with Crippen molar-refractivity contribution < 1.29 is 14.6 Å². The van der Waals surface area contributed by atoms with Crippen LogP contribution in [0, 0.1) is 0 Å². The van der Waals surface area contributed by atoms with Crippen molar-refractivity contribution in [1.82, 2.24) is 9.88 Å². The molecular formula is C19H20N2O3S2. The Bertz CT molecular complexity index is 887. The SMILES string of the molecule is COCc1ccc(C(=O)N2CCC[C@@H]2[C@H](O)c2nc3ccccc3s2)s1. The molecular weight excluding hydrogens is 368 g/mol. The number of thiophene rings is 1. The summed E-state index contributed by atoms with van der Waals surface area (Å²) >= 11 is 2.95. The molecule has 1 N–H and O–H groups in total. The Morgan fingerprint density at radius 2 is 2.19 bits per heavy atom. The van der Waals surface area contributed by atoms with E-state index < -0.39 is 6.10 Å². The fraction of sp³-hybridized carbons (Fsp3) is 0.368. The quantitative estimate of drug-likeness (QED) is 0.721. The van der Waals surface area contributed by atoms with Gasteiger partial charge in [-0.1, -0.05) is 12.1 Å². The number of aliphatic hydroxyl groups excluding tert-OH is 1. The Morgan fingerprint density at radius 3 is 3.00 bits per heavy atom. The molecule has 0 bridgehead atoms. The van der Waals surface area contributed by atoms with Gasteiger partial charge < -0.3 is 14.7 Å². The van der Waals surface area contributed by atoms with Gasteiger partial charge in [0.05, 0.1) is 27.7 Å². The summed E-state index contributed by atoms with van der Waals surface area (Å²) in [6, 6.07) is 11.4. The third-order valence-corrected chi connectivity index (χ3v) is 6.80. The molecule has 0 unspecified atom stereocenters. The number of amides is 1. The number of thiazole rings is 1. The fourth-order valence-corrected chi connectivity index (χ4v) is 5.36. The molecule has 0 spiro atoms. The normalized spacial score (nSPS) is 18.5. The highest BCUT2D eigenvalue weighted by Crippen LogP contribution is 2.35. The van der Waals surface area contributed by atoms with Gasteiger partial charge in [-0.2, -0.15) is 0 Å². The lowest BCUT2D eigenvalue weighted by molar-refractivity contribution is 0.0490. The lowest BCUT2D eigenvalue weighted by Crippen LogP contribution is -2.38. The molecule has 5 nitrogen and oxygen atoms in total. The van der Waals surface area contributed by atoms with E-state index in [1.54, 1.807) is 12.0 Å². The third-order valence-electron chi connectivity index (χ3n) is 4.65. The van der Waals surface area contributed by atoms with Gasteiger partial charge in [0.1, 0.15) is 11.1 Å². The summed E-state index contributed by atoms with van der Waals surface area (Å²) in [5.74, 6) is -0.0139. The highest BCUT2D eigenvalue weighted by atomic mass is 32.1. The minimum atomic E-state index is -0.753. The number of ether oxygens (including phenoxy) is 1. The molecule has 1 saturated heterocycles. The standard InChI is InChI=1S/C19H20N2O3S2/c1-24-11-12-8-9-16(25-12)19(23)21-10-4-6-14(21)17(22)18-20-13-5-2-3-7-15(13)26-18/h2-3,5,7-9,14,17,22H,4,6,10-11H2,1H3/t14-,17+/m1/s1. The molecule has 0 aliphatic carbocycles. The monoisotopic (exact) mass is 388 g/mol. The van der Waals surface area contributed by atoms with Crippen LogP contribution in [0.2, 0.25) is 0 Å². The summed E-state index contributed by atoms with van der Waals surface area (Å²) in [5.41, 5.74) is 0.893. The summed E-state index contributed by atoms with van der Waals surface area (Å²) in [6.45, 7) is 1.18. The maximum absolute atomic E-state index is 13.0. The molecule has 3 aromatic rings. The minimum Gasteiger partial charge on any atom is -0.384 e. The molecule has 1 amide bonds. The second kappa shape index (κ2) is 7.44. The van der Waals surface area contributed by atoms with Crippen LogP contribution in [0.3, 0.4) is 0 Å². The van der Waals surface area contributed by atoms with Crippen molar-refractivity contribution in [2.45, 2.75) is 31.6 Å². The van der Waals surface area contributed by atoms with Gasteiger partial charge in [-0.05, 0) is 37.1 Å². The summed E-state index contributed by atoms with van der Waals surface area (Å²) in [7, 11) is 1.64. The number of benzene rings is 1. The molecule has 0 saturated carbocycles. The Labute approximate surface area is 159 Å². The zero-order valence-electron chi connectivity index (χ0n) is 14.4. The molecule has 4 rings (SSSR count). The van der Waals surface area contributed by atoms with Crippen LogP contribution in [0.25, 0.3) is 10.2 Å². The molecule has 1 fully saturated rings. The number of methoxy groups -OCH3 is 1. The van der Waals surface area contributed by atoms with E-state index in [4.69, 9.17) is 4.74 Å². The smallest absolute Gasteiger partial charge is 0.264 e. The molecule has 2 aromatic heterocycles. The van der Waals surface area contributed by atoms with E-state index in [2.05, 4.69) is 4.98 Å². The molecule has 7 heteroatoms. The zero-order valence-corrected chi connectivity index (χ0v) is 16.1. The van der Waals surface area contributed by atoms with Crippen molar-refractivity contribution in [1.29, 1.82) is 0 Å². The summed E-state index contributed by atoms with van der Waals surface area (Å²) in [5, 5.41) is 11.6. The second-order valence-electron chi connectivity index (χ2n) is 6.37. The first kappa shape index (κ1) is 17.6. The maximum atomic E-state index is 13.0. The van der Waals surface area contributed by atoms with E-state index in [1.807, 2.05) is 36.4 Å². The maximum Gasteiger partial charge on any atom is 0.264 e. The number of hydrogen-bond donors (Lipinski definition) is 1. The van der Waals surface area contributed by atoms with Crippen LogP contribution < -0.4 is 0 Å². The molecule has 0 radical (unpaired) electrons. The van der Waals surface area contributed by atoms with Crippen LogP contribution in [0.15, 0.2) is 36.4 Å². The van der Waals surface area contributed by atoms with E-state index in [0.717, 1.165) is 27.9 Å². The first-order chi connectivity index (χ1) is 12.7. The number of aromatic nitrogens is 1. The molecule has 26 heavy (non-hydrogen) atoms. The van der Waals surface area contributed by atoms with Gasteiger partial charge in [-0.25, -0.2) is 4.98 Å². The van der Waals surface area contributed by atoms with Gasteiger partial charge in [0.25, 0.3) is 5.91 Å². The van der Waals surface area contributed by atoms with Crippen LogP contribution in [-0.4, -0.2) is 40.6 Å². The largest absolute Gasteiger partial charge is 0.384 e. The van der Waals surface area contributed by atoms with Gasteiger partial charge >= 0.3 is 0 Å². The van der Waals surface area contributed by atoms with E-state index in [0.29, 0.717) is 23.0 Å². The first-order valence-electron chi connectivity index (χ1n) is 8.59. The van der Waals surface area contributed by atoms with Crippen LogP contribution in [0.1, 0.15) is 38.5 Å². The average molecular weight is 389 g/mol. The van der Waals surface area contributed by atoms with Crippen molar-refractivity contribution in [2.24, 2.45) is 0 Å². The number of nitrogens with zero attached hydrogens (tertiary/aromatic N) is 2. The van der Waals surface area contributed by atoms with Crippen molar-refractivity contribution >= 4 is 38.8 Å². The summed E-state index contributed by atoms with van der Waals surface area (Å²) < 4.78 is 6.19. The van der Waals surface area contributed by atoms with Crippen molar-refractivity contribution in [3.63, 3.8) is 0 Å². The average Bonchev–Trinajstić information content (AvgIpc) is 3.39. The zero-order chi connectivity index (χ0) is 18.1. The molecule has 2 atom stereocenters. The lowest BCUT2D eigenvalue weighted by Gasteiger charge is -2.27. The van der Waals surface area contributed by atoms with Crippen molar-refractivity contribution in [2.75, 3.05) is 13.7 Å². The van der Waals surface area contributed by atoms with E-state index in [9.17, 15) is 9.90 Å². The second-order valence-corrected chi connectivity index (χ2v) is 8.60. The number of hydrogen-bond acceptors (Lipinski definition) is 6. The van der Waals surface area contributed by atoms with E-state index in [1.165, 1.54) is 22.7 Å². The summed E-state index contributed by atoms with van der Waals surface area (Å²) in [4.78, 5) is 21.0. The van der Waals surface area contributed by atoms with Crippen molar-refractivity contribution in [3.8, 4) is 0 Å². The lowest BCUT2D eigenvalue weighted by atomic mass is 10.1. The molecule has 1 aliphatic heterocycles. The Balaban J connectivity index is 1.55. The highest BCUT2D eigenvalue weighted by molar-refractivity contribution is 7.18. The highest BCUT2D eigenvalue weighted by Gasteiger charge is 2.36. The molecule has 3 heterocycles. The molecule has 1 aliphatic rings. The number of rotatable bonds is 5. The van der Waals surface area contributed by atoms with Crippen LogP contribution in [0.4, 0.5) is 0 Å². The molecule has 136 valence electrons. The number of carbonyl (C=O) groups excluding carboxylic acids is 1. The molecule has 1 aromatic carbocycles. The predicted molar refractivity (Wildman–Crippen MR) is 104 cm³/mol. The Morgan fingerprint density at radius 1 is 1.35 bits per heavy atom. The minimum absolute atomic E-state index is 0.0139. The predicted octanol–water partition coefficient (Wildman–Crippen LogP) is 3.84. The summed E-state index contributed by atoms with van der Waals surface area (Å²) in [6.07, 6.45) is 0.936. The number of carbonyl (C=O) groups is 1. The third kappa shape index (κ3) is 3.27. The van der Waals surface area contributed by atoms with E-state index in [-0.39, 0.29) is 11.9 Å². The number of fused-ring (bicyclic) bond motifs is 1. The fourth-order valence-electron chi connectivity index (χ4n) is 3.41. The van der Waals surface area contributed by atoms with Gasteiger partial charge in [-0.3, -0.25) is 4.79 Å². The topological polar surface area (TPSA) is 62.7 Å². The van der Waals surface area contributed by atoms with Gasteiger partial charge in [0.2, 0.25) is 0 Å². The Kier molecular flexibility index (Phi) is 5.04. The van der Waals surface area contributed by atoms with Crippen molar-refractivity contribution in [3.05, 3.63) is 51.2 Å². The van der Waals surface area contributed by atoms with Crippen LogP contribution in [0.5, 0.6) is 0 Å². The number of aliphatic hydroxyl groups is 1. The van der Waals surface area contributed by atoms with Crippen LogP contribution >= 0.6 is 22.7 Å². The van der Waals surface area contributed by atoms with E-state index >= 15 is 0 Å². The first-order valence-corrected chi connectivity index (χ1v) is 10.2. The number of likely N-dealkylation sites (tertiary alicyclic amines) is 1. The number of para-hydroxylation sites is 1. The Hall–Kier alpha value is -1.80. The van der Waals surface area contributed by atoms with Gasteiger partial charge in [0, 0.05) is 18.5 Å². The van der Waals surface area contributed by atoms with Gasteiger partial charge in [-0.15, -0.1) is 22.7 Å².